The third-order valence-corrected chi connectivity index (χ3v) is 6.27. The van der Waals surface area contributed by atoms with Crippen LogP contribution in [0, 0.1) is 20.8 Å². The molecule has 1 aliphatic rings. The molecule has 0 radical (unpaired) electrons. The lowest BCUT2D eigenvalue weighted by Crippen LogP contribution is -2.46. The van der Waals surface area contributed by atoms with Crippen LogP contribution < -0.4 is 4.90 Å². The zero-order chi connectivity index (χ0) is 23.6. The summed E-state index contributed by atoms with van der Waals surface area (Å²) >= 11 is 0. The van der Waals surface area contributed by atoms with Crippen molar-refractivity contribution in [2.75, 3.05) is 4.90 Å². The molecule has 0 aliphatic carbocycles. The van der Waals surface area contributed by atoms with Gasteiger partial charge in [-0.3, -0.25) is 14.4 Å². The molecule has 0 saturated carbocycles. The Morgan fingerprint density at radius 1 is 1.15 bits per heavy atom. The molecule has 11 heteroatoms. The summed E-state index contributed by atoms with van der Waals surface area (Å²) in [4.78, 5) is 19.5. The predicted octanol–water partition coefficient (Wildman–Crippen LogP) is 3.50. The molecule has 5 heterocycles. The fourth-order valence-electron chi connectivity index (χ4n) is 4.68. The number of amides is 1. The lowest BCUT2D eigenvalue weighted by atomic mass is 10.0. The maximum absolute atomic E-state index is 13.6. The van der Waals surface area contributed by atoms with Crippen LogP contribution >= 0.6 is 0 Å². The zero-order valence-electron chi connectivity index (χ0n) is 19.0. The normalized spacial score (nSPS) is 18.4. The third-order valence-electron chi connectivity index (χ3n) is 6.27. The minimum absolute atomic E-state index is 0.0997. The van der Waals surface area contributed by atoms with Crippen molar-refractivity contribution in [3.05, 3.63) is 47.2 Å². The van der Waals surface area contributed by atoms with Gasteiger partial charge in [-0.1, -0.05) is 0 Å². The van der Waals surface area contributed by atoms with Crippen molar-refractivity contribution >= 4 is 17.4 Å². The molecule has 0 N–H and O–H groups in total. The number of anilines is 1. The Kier molecular flexibility index (Phi) is 4.80. The summed E-state index contributed by atoms with van der Waals surface area (Å²) in [5, 5.41) is 13.3. The van der Waals surface area contributed by atoms with Gasteiger partial charge in [-0.15, -0.1) is 0 Å². The van der Waals surface area contributed by atoms with E-state index < -0.39 is 18.5 Å². The van der Waals surface area contributed by atoms with Crippen molar-refractivity contribution in [2.45, 2.75) is 52.6 Å². The first-order valence-electron chi connectivity index (χ1n) is 10.7. The summed E-state index contributed by atoms with van der Waals surface area (Å²) in [5.74, 6) is -0.0295. The number of aromatic nitrogens is 7. The first kappa shape index (κ1) is 21.2. The number of alkyl halides is 2. The summed E-state index contributed by atoms with van der Waals surface area (Å²) < 4.78 is 32.0. The van der Waals surface area contributed by atoms with Crippen LogP contribution in [-0.4, -0.2) is 52.5 Å². The third kappa shape index (κ3) is 3.21. The fraction of sp³-hybridized carbons (Fsp3) is 0.409. The van der Waals surface area contributed by atoms with Crippen LogP contribution in [0.2, 0.25) is 0 Å². The molecule has 0 unspecified atom stereocenters. The van der Waals surface area contributed by atoms with E-state index in [2.05, 4.69) is 20.3 Å². The van der Waals surface area contributed by atoms with Crippen molar-refractivity contribution in [3.8, 4) is 11.3 Å². The maximum Gasteiger partial charge on any atom is 0.280 e. The fourth-order valence-corrected chi connectivity index (χ4v) is 4.68. The number of aryl methyl sites for hydroxylation is 3. The molecule has 4 aromatic rings. The summed E-state index contributed by atoms with van der Waals surface area (Å²) in [6.45, 7) is 7.37. The standard InChI is InChI=1S/C22H24F2N8O/c1-11-8-19-30(12(2)9-17(21(23)24)32(19)26-11)22(33)15-10-18-25-7-6-16(31(18)28-15)20-13(3)27-29(5)14(20)4/h6-8,10,12,17,21H,9H2,1-5H3/t12-,17+/m0/s1. The van der Waals surface area contributed by atoms with E-state index in [0.29, 0.717) is 17.2 Å². The highest BCUT2D eigenvalue weighted by molar-refractivity contribution is 6.05. The van der Waals surface area contributed by atoms with E-state index in [1.54, 1.807) is 41.4 Å². The average molecular weight is 454 g/mol. The van der Waals surface area contributed by atoms with E-state index in [9.17, 15) is 13.6 Å². The van der Waals surface area contributed by atoms with Crippen molar-refractivity contribution in [1.82, 2.24) is 34.2 Å². The second kappa shape index (κ2) is 7.46. The van der Waals surface area contributed by atoms with Gasteiger partial charge in [0.05, 0.1) is 17.1 Å². The minimum Gasteiger partial charge on any atom is -0.289 e. The van der Waals surface area contributed by atoms with Crippen LogP contribution in [0.25, 0.3) is 16.9 Å². The minimum atomic E-state index is -2.57. The Labute approximate surface area is 188 Å². The van der Waals surface area contributed by atoms with Gasteiger partial charge >= 0.3 is 0 Å². The van der Waals surface area contributed by atoms with E-state index in [1.807, 2.05) is 27.0 Å². The largest absolute Gasteiger partial charge is 0.289 e. The van der Waals surface area contributed by atoms with Gasteiger partial charge in [0.25, 0.3) is 12.3 Å². The van der Waals surface area contributed by atoms with Crippen LogP contribution in [0.4, 0.5) is 14.6 Å². The van der Waals surface area contributed by atoms with Crippen LogP contribution in [0.1, 0.15) is 47.0 Å². The van der Waals surface area contributed by atoms with Gasteiger partial charge in [-0.2, -0.15) is 15.3 Å². The molecule has 9 nitrogen and oxygen atoms in total. The van der Waals surface area contributed by atoms with Crippen LogP contribution in [0.5, 0.6) is 0 Å². The smallest absolute Gasteiger partial charge is 0.280 e. The van der Waals surface area contributed by atoms with Gasteiger partial charge in [0.15, 0.2) is 11.3 Å². The van der Waals surface area contributed by atoms with Gasteiger partial charge < -0.3 is 0 Å². The van der Waals surface area contributed by atoms with Gasteiger partial charge in [0.1, 0.15) is 11.9 Å². The van der Waals surface area contributed by atoms with E-state index in [4.69, 9.17) is 0 Å². The number of halogens is 2. The Morgan fingerprint density at radius 3 is 2.58 bits per heavy atom. The number of nitrogens with zero attached hydrogens (tertiary/aromatic N) is 8. The second-order valence-electron chi connectivity index (χ2n) is 8.55. The molecule has 2 atom stereocenters. The van der Waals surface area contributed by atoms with Gasteiger partial charge in [0.2, 0.25) is 0 Å². The van der Waals surface area contributed by atoms with Gasteiger partial charge in [-0.05, 0) is 40.2 Å². The first-order valence-corrected chi connectivity index (χ1v) is 10.7. The quantitative estimate of drug-likeness (QED) is 0.473. The molecule has 172 valence electrons. The molecular weight excluding hydrogens is 430 g/mol. The average Bonchev–Trinajstić information content (AvgIpc) is 3.42. The topological polar surface area (TPSA) is 86.1 Å². The Balaban J connectivity index is 1.60. The molecule has 5 rings (SSSR count). The number of carbonyl (C=O) groups is 1. The molecule has 0 spiro atoms. The molecule has 0 aromatic carbocycles. The van der Waals surface area contributed by atoms with E-state index in [0.717, 1.165) is 22.6 Å². The lowest BCUT2D eigenvalue weighted by Gasteiger charge is -2.37. The van der Waals surface area contributed by atoms with Crippen LogP contribution in [-0.2, 0) is 7.05 Å². The monoisotopic (exact) mass is 454 g/mol. The molecule has 0 fully saturated rings. The Morgan fingerprint density at radius 2 is 1.91 bits per heavy atom. The molecule has 4 aromatic heterocycles. The summed E-state index contributed by atoms with van der Waals surface area (Å²) in [6, 6.07) is 3.59. The first-order chi connectivity index (χ1) is 15.7. The maximum atomic E-state index is 13.6. The summed E-state index contributed by atoms with van der Waals surface area (Å²) in [6.07, 6.45) is -0.805. The van der Waals surface area contributed by atoms with Gasteiger partial charge in [-0.25, -0.2) is 23.0 Å². The van der Waals surface area contributed by atoms with E-state index in [-0.39, 0.29) is 18.0 Å². The van der Waals surface area contributed by atoms with Crippen molar-refractivity contribution in [3.63, 3.8) is 0 Å². The predicted molar refractivity (Wildman–Crippen MR) is 118 cm³/mol. The van der Waals surface area contributed by atoms with Crippen molar-refractivity contribution in [1.29, 1.82) is 0 Å². The molecule has 1 aliphatic heterocycles. The zero-order valence-corrected chi connectivity index (χ0v) is 19.0. The van der Waals surface area contributed by atoms with Gasteiger partial charge in [0, 0.05) is 42.7 Å². The van der Waals surface area contributed by atoms with Crippen LogP contribution in [0.15, 0.2) is 24.4 Å². The SMILES string of the molecule is Cc1cc2n(n1)[C@@H](C(F)F)C[C@H](C)N2C(=O)c1cc2nccc(-c3c(C)nn(C)c3C)n2n1. The number of fused-ring (bicyclic) bond motifs is 2. The molecule has 0 bridgehead atoms. The highest BCUT2D eigenvalue weighted by Crippen LogP contribution is 2.37. The molecule has 33 heavy (non-hydrogen) atoms. The molecular formula is C22H24F2N8O. The number of hydrogen-bond donors (Lipinski definition) is 0. The Bertz CT molecular complexity index is 1380. The van der Waals surface area contributed by atoms with E-state index >= 15 is 0 Å². The lowest BCUT2D eigenvalue weighted by molar-refractivity contribution is 0.0608. The number of rotatable bonds is 3. The number of carbonyl (C=O) groups excluding carboxylic acids is 1. The summed E-state index contributed by atoms with van der Waals surface area (Å²) in [7, 11) is 1.87. The highest BCUT2D eigenvalue weighted by Gasteiger charge is 2.39. The van der Waals surface area contributed by atoms with Crippen molar-refractivity contribution < 1.29 is 13.6 Å². The summed E-state index contributed by atoms with van der Waals surface area (Å²) in [5.41, 5.74) is 4.77. The highest BCUT2D eigenvalue weighted by atomic mass is 19.3. The Hall–Kier alpha value is -3.63. The molecule has 1 amide bonds. The van der Waals surface area contributed by atoms with Crippen molar-refractivity contribution in [2.24, 2.45) is 7.05 Å². The molecule has 0 saturated heterocycles. The number of hydrogen-bond acceptors (Lipinski definition) is 5. The van der Waals surface area contributed by atoms with E-state index in [1.165, 1.54) is 9.58 Å². The van der Waals surface area contributed by atoms with Crippen LogP contribution in [0.3, 0.4) is 0 Å². The second-order valence-corrected chi connectivity index (χ2v) is 8.55.